The third-order valence-corrected chi connectivity index (χ3v) is 4.17. The monoisotopic (exact) mass is 356 g/mol. The summed E-state index contributed by atoms with van der Waals surface area (Å²) >= 11 is 0. The summed E-state index contributed by atoms with van der Waals surface area (Å²) in [4.78, 5) is 18.5. The van der Waals surface area contributed by atoms with Gasteiger partial charge in [-0.3, -0.25) is 4.79 Å². The topological polar surface area (TPSA) is 64.2 Å². The van der Waals surface area contributed by atoms with Gasteiger partial charge in [0.1, 0.15) is 0 Å². The molecule has 0 bridgehead atoms. The summed E-state index contributed by atoms with van der Waals surface area (Å²) in [7, 11) is 0. The summed E-state index contributed by atoms with van der Waals surface area (Å²) in [5.41, 5.74) is 7.45. The first-order chi connectivity index (χ1) is 10.2. The Kier molecular flexibility index (Phi) is 7.06. The number of likely N-dealkylation sites (tertiary alicyclic amines) is 1. The zero-order valence-corrected chi connectivity index (χ0v) is 14.6. The molecule has 1 aliphatic rings. The van der Waals surface area contributed by atoms with E-state index in [1.54, 1.807) is 12.5 Å². The van der Waals surface area contributed by atoms with Crippen LogP contribution >= 0.6 is 24.8 Å². The molecule has 0 aliphatic carbocycles. The molecule has 1 aromatic carbocycles. The number of hydrogen-bond acceptors (Lipinski definition) is 3. The predicted molar refractivity (Wildman–Crippen MR) is 95.7 cm³/mol. The number of amides is 1. The number of rotatable bonds is 3. The molecular formula is C16H22Cl2N4O. The van der Waals surface area contributed by atoms with Crippen molar-refractivity contribution in [2.24, 2.45) is 11.7 Å². The van der Waals surface area contributed by atoms with Gasteiger partial charge in [0, 0.05) is 36.2 Å². The molecule has 126 valence electrons. The van der Waals surface area contributed by atoms with E-state index in [2.05, 4.69) is 11.9 Å². The Bertz CT molecular complexity index is 616. The second kappa shape index (κ2) is 8.34. The lowest BCUT2D eigenvalue weighted by atomic mass is 10.1. The van der Waals surface area contributed by atoms with Crippen LogP contribution in [-0.2, 0) is 0 Å². The zero-order chi connectivity index (χ0) is 14.8. The van der Waals surface area contributed by atoms with Crippen LogP contribution in [0.15, 0.2) is 43.0 Å². The third kappa shape index (κ3) is 4.05. The van der Waals surface area contributed by atoms with Crippen LogP contribution in [0.3, 0.4) is 0 Å². The summed E-state index contributed by atoms with van der Waals surface area (Å²) in [5, 5.41) is 0. The Morgan fingerprint density at radius 3 is 2.52 bits per heavy atom. The average molecular weight is 357 g/mol. The lowest BCUT2D eigenvalue weighted by Gasteiger charge is -2.21. The molecule has 2 aromatic rings. The van der Waals surface area contributed by atoms with Crippen LogP contribution in [0.2, 0.25) is 0 Å². The molecule has 1 aromatic heterocycles. The van der Waals surface area contributed by atoms with Gasteiger partial charge in [-0.25, -0.2) is 4.98 Å². The fraction of sp³-hybridized carbons (Fsp3) is 0.375. The van der Waals surface area contributed by atoms with E-state index in [4.69, 9.17) is 5.73 Å². The normalized spacial score (nSPS) is 19.8. The van der Waals surface area contributed by atoms with Gasteiger partial charge in [-0.2, -0.15) is 0 Å². The quantitative estimate of drug-likeness (QED) is 0.918. The van der Waals surface area contributed by atoms with Crippen molar-refractivity contribution in [2.75, 3.05) is 13.1 Å². The van der Waals surface area contributed by atoms with Crippen molar-refractivity contribution >= 4 is 30.7 Å². The summed E-state index contributed by atoms with van der Waals surface area (Å²) in [6, 6.07) is 7.89. The minimum atomic E-state index is 0. The van der Waals surface area contributed by atoms with Gasteiger partial charge in [-0.05, 0) is 50.1 Å². The van der Waals surface area contributed by atoms with Crippen LogP contribution in [0.1, 0.15) is 23.7 Å². The Morgan fingerprint density at radius 1 is 1.30 bits per heavy atom. The molecule has 0 radical (unpaired) electrons. The second-order valence-electron chi connectivity index (χ2n) is 5.66. The van der Waals surface area contributed by atoms with Gasteiger partial charge in [-0.1, -0.05) is 0 Å². The summed E-state index contributed by atoms with van der Waals surface area (Å²) in [5.74, 6) is 0.518. The molecule has 2 heterocycles. The molecule has 5 nitrogen and oxygen atoms in total. The fourth-order valence-corrected chi connectivity index (χ4v) is 2.95. The van der Waals surface area contributed by atoms with Crippen LogP contribution in [-0.4, -0.2) is 39.5 Å². The molecule has 7 heteroatoms. The van der Waals surface area contributed by atoms with Crippen molar-refractivity contribution < 1.29 is 4.79 Å². The van der Waals surface area contributed by atoms with Gasteiger partial charge in [0.25, 0.3) is 5.91 Å². The lowest BCUT2D eigenvalue weighted by molar-refractivity contribution is 0.0743. The zero-order valence-electron chi connectivity index (χ0n) is 13.0. The molecule has 23 heavy (non-hydrogen) atoms. The number of imidazole rings is 1. The van der Waals surface area contributed by atoms with E-state index < -0.39 is 0 Å². The Hall–Kier alpha value is -1.56. The molecule has 1 fully saturated rings. The maximum atomic E-state index is 12.6. The highest BCUT2D eigenvalue weighted by Gasteiger charge is 2.31. The molecule has 2 atom stereocenters. The number of carbonyl (C=O) groups is 1. The highest BCUT2D eigenvalue weighted by molar-refractivity contribution is 5.94. The van der Waals surface area contributed by atoms with Gasteiger partial charge in [0.2, 0.25) is 0 Å². The van der Waals surface area contributed by atoms with Gasteiger partial charge in [0.15, 0.2) is 0 Å². The SMILES string of the molecule is CC1CC(CN)CN1C(=O)c1ccc(-n2ccnc2)cc1.Cl.Cl. The van der Waals surface area contributed by atoms with E-state index in [1.807, 2.05) is 39.9 Å². The summed E-state index contributed by atoms with van der Waals surface area (Å²) in [6.45, 7) is 3.50. The van der Waals surface area contributed by atoms with Crippen molar-refractivity contribution in [2.45, 2.75) is 19.4 Å². The minimum absolute atomic E-state index is 0. The van der Waals surface area contributed by atoms with E-state index in [-0.39, 0.29) is 36.8 Å². The number of nitrogens with zero attached hydrogens (tertiary/aromatic N) is 3. The first kappa shape index (κ1) is 19.5. The van der Waals surface area contributed by atoms with Crippen LogP contribution < -0.4 is 5.73 Å². The van der Waals surface area contributed by atoms with E-state index >= 15 is 0 Å². The standard InChI is InChI=1S/C16H20N4O.2ClH/c1-12-8-13(9-17)10-20(12)16(21)14-2-4-15(5-3-14)19-7-6-18-11-19;;/h2-7,11-13H,8-10,17H2,1H3;2*1H. The molecule has 0 saturated carbocycles. The van der Waals surface area contributed by atoms with Crippen LogP contribution in [0, 0.1) is 5.92 Å². The van der Waals surface area contributed by atoms with Crippen LogP contribution in [0.4, 0.5) is 0 Å². The lowest BCUT2D eigenvalue weighted by Crippen LogP contribution is -2.34. The fourth-order valence-electron chi connectivity index (χ4n) is 2.95. The largest absolute Gasteiger partial charge is 0.336 e. The van der Waals surface area contributed by atoms with E-state index in [0.717, 1.165) is 24.2 Å². The summed E-state index contributed by atoms with van der Waals surface area (Å²) < 4.78 is 1.91. The number of nitrogens with two attached hydrogens (primary N) is 1. The maximum Gasteiger partial charge on any atom is 0.254 e. The number of carbonyl (C=O) groups excluding carboxylic acids is 1. The number of hydrogen-bond donors (Lipinski definition) is 1. The van der Waals surface area contributed by atoms with Crippen molar-refractivity contribution in [3.05, 3.63) is 48.5 Å². The summed E-state index contributed by atoms with van der Waals surface area (Å²) in [6.07, 6.45) is 6.35. The number of halogens is 2. The molecule has 1 aliphatic heterocycles. The Labute approximate surface area is 148 Å². The molecule has 0 spiro atoms. The minimum Gasteiger partial charge on any atom is -0.336 e. The van der Waals surface area contributed by atoms with Crippen molar-refractivity contribution in [3.63, 3.8) is 0 Å². The smallest absolute Gasteiger partial charge is 0.254 e. The van der Waals surface area contributed by atoms with E-state index in [9.17, 15) is 4.79 Å². The van der Waals surface area contributed by atoms with Gasteiger partial charge >= 0.3 is 0 Å². The highest BCUT2D eigenvalue weighted by atomic mass is 35.5. The maximum absolute atomic E-state index is 12.6. The predicted octanol–water partition coefficient (Wildman–Crippen LogP) is 2.53. The first-order valence-corrected chi connectivity index (χ1v) is 7.28. The van der Waals surface area contributed by atoms with Gasteiger partial charge in [0.05, 0.1) is 6.33 Å². The average Bonchev–Trinajstić information content (AvgIpc) is 3.16. The van der Waals surface area contributed by atoms with Crippen LogP contribution in [0.25, 0.3) is 5.69 Å². The molecule has 2 N–H and O–H groups in total. The van der Waals surface area contributed by atoms with Crippen molar-refractivity contribution in [1.82, 2.24) is 14.5 Å². The first-order valence-electron chi connectivity index (χ1n) is 7.28. The van der Waals surface area contributed by atoms with Crippen LogP contribution in [0.5, 0.6) is 0 Å². The molecule has 1 amide bonds. The van der Waals surface area contributed by atoms with Gasteiger partial charge < -0.3 is 15.2 Å². The van der Waals surface area contributed by atoms with Gasteiger partial charge in [-0.15, -0.1) is 24.8 Å². The highest BCUT2D eigenvalue weighted by Crippen LogP contribution is 2.24. The van der Waals surface area contributed by atoms with Crippen molar-refractivity contribution in [3.8, 4) is 5.69 Å². The molecule has 1 saturated heterocycles. The Balaban J connectivity index is 0.00000132. The molecule has 2 unspecified atom stereocenters. The molecular weight excluding hydrogens is 335 g/mol. The van der Waals surface area contributed by atoms with Crippen molar-refractivity contribution in [1.29, 1.82) is 0 Å². The van der Waals surface area contributed by atoms with E-state index in [0.29, 0.717) is 12.5 Å². The number of benzene rings is 1. The van der Waals surface area contributed by atoms with E-state index in [1.165, 1.54) is 0 Å². The third-order valence-electron chi connectivity index (χ3n) is 4.17. The number of aromatic nitrogens is 2. The second-order valence-corrected chi connectivity index (χ2v) is 5.66. The Morgan fingerprint density at radius 2 is 2.00 bits per heavy atom. The molecule has 3 rings (SSSR count).